The highest BCUT2D eigenvalue weighted by Crippen LogP contribution is 2.31. The molecule has 1 aliphatic rings. The van der Waals surface area contributed by atoms with E-state index in [9.17, 15) is 10.2 Å². The van der Waals surface area contributed by atoms with E-state index in [0.717, 1.165) is 32.2 Å². The zero-order valence-corrected chi connectivity index (χ0v) is 11.0. The Hall–Kier alpha value is -1.06. The van der Waals surface area contributed by atoms with Crippen molar-refractivity contribution in [3.63, 3.8) is 0 Å². The zero-order valence-electron chi connectivity index (χ0n) is 11.0. The number of benzene rings is 1. The predicted octanol–water partition coefficient (Wildman–Crippen LogP) is 2.52. The second kappa shape index (κ2) is 6.21. The number of rotatable bonds is 5. The molecule has 3 nitrogen and oxygen atoms in total. The highest BCUT2D eigenvalue weighted by Gasteiger charge is 2.19. The minimum absolute atomic E-state index is 0.213. The lowest BCUT2D eigenvalue weighted by Gasteiger charge is -2.26. The zero-order chi connectivity index (χ0) is 13.0. The number of aliphatic hydroxyl groups excluding tert-OH is 1. The van der Waals surface area contributed by atoms with Crippen LogP contribution in [-0.2, 0) is 6.42 Å². The van der Waals surface area contributed by atoms with E-state index in [0.29, 0.717) is 11.8 Å². The van der Waals surface area contributed by atoms with Crippen molar-refractivity contribution < 1.29 is 10.2 Å². The van der Waals surface area contributed by atoms with E-state index in [1.54, 1.807) is 6.07 Å². The maximum atomic E-state index is 9.59. The SMILES string of the molecule is CC(O)CCCNC1CCCc2ccc(O)cc21. The largest absolute Gasteiger partial charge is 0.508 e. The lowest BCUT2D eigenvalue weighted by molar-refractivity contribution is 0.180. The van der Waals surface area contributed by atoms with Crippen LogP contribution in [0.1, 0.15) is 49.8 Å². The van der Waals surface area contributed by atoms with Crippen molar-refractivity contribution in [2.45, 2.75) is 51.2 Å². The molecule has 0 aromatic heterocycles. The van der Waals surface area contributed by atoms with Crippen molar-refractivity contribution >= 4 is 0 Å². The van der Waals surface area contributed by atoms with Crippen LogP contribution in [0.5, 0.6) is 5.75 Å². The van der Waals surface area contributed by atoms with Crippen molar-refractivity contribution in [2.75, 3.05) is 6.54 Å². The summed E-state index contributed by atoms with van der Waals surface area (Å²) in [5.41, 5.74) is 2.60. The van der Waals surface area contributed by atoms with Gasteiger partial charge in [-0.05, 0) is 68.8 Å². The lowest BCUT2D eigenvalue weighted by Crippen LogP contribution is -2.26. The first-order valence-corrected chi connectivity index (χ1v) is 6.90. The third kappa shape index (κ3) is 3.47. The second-order valence-corrected chi connectivity index (χ2v) is 5.27. The van der Waals surface area contributed by atoms with Gasteiger partial charge in [-0.2, -0.15) is 0 Å². The molecule has 0 amide bonds. The number of phenolic OH excluding ortho intramolecular Hbond substituents is 1. The average molecular weight is 249 g/mol. The van der Waals surface area contributed by atoms with Crippen LogP contribution in [0.15, 0.2) is 18.2 Å². The van der Waals surface area contributed by atoms with E-state index < -0.39 is 0 Å². The van der Waals surface area contributed by atoms with Gasteiger partial charge in [-0.15, -0.1) is 0 Å². The lowest BCUT2D eigenvalue weighted by atomic mass is 9.87. The Bertz CT molecular complexity index is 390. The Morgan fingerprint density at radius 3 is 3.06 bits per heavy atom. The van der Waals surface area contributed by atoms with E-state index in [1.807, 2.05) is 19.1 Å². The van der Waals surface area contributed by atoms with Crippen molar-refractivity contribution in [2.24, 2.45) is 0 Å². The molecule has 0 spiro atoms. The van der Waals surface area contributed by atoms with Crippen molar-refractivity contribution in [1.29, 1.82) is 0 Å². The van der Waals surface area contributed by atoms with Crippen LogP contribution in [-0.4, -0.2) is 22.9 Å². The summed E-state index contributed by atoms with van der Waals surface area (Å²) in [6.45, 7) is 2.75. The molecule has 100 valence electrons. The molecule has 3 N–H and O–H groups in total. The molecule has 2 atom stereocenters. The number of aromatic hydroxyl groups is 1. The summed E-state index contributed by atoms with van der Waals surface area (Å²) in [6.07, 6.45) is 5.06. The molecule has 1 aliphatic carbocycles. The Kier molecular flexibility index (Phi) is 4.61. The summed E-state index contributed by atoms with van der Waals surface area (Å²) in [4.78, 5) is 0. The highest BCUT2D eigenvalue weighted by atomic mass is 16.3. The number of fused-ring (bicyclic) bond motifs is 1. The van der Waals surface area contributed by atoms with Crippen LogP contribution < -0.4 is 5.32 Å². The third-order valence-corrected chi connectivity index (χ3v) is 3.63. The smallest absolute Gasteiger partial charge is 0.115 e. The first-order chi connectivity index (χ1) is 8.66. The molecule has 0 heterocycles. The van der Waals surface area contributed by atoms with Gasteiger partial charge in [0.15, 0.2) is 0 Å². The highest BCUT2D eigenvalue weighted by molar-refractivity contribution is 5.38. The first kappa shape index (κ1) is 13.4. The molecule has 0 radical (unpaired) electrons. The maximum Gasteiger partial charge on any atom is 0.115 e. The standard InChI is InChI=1S/C15H23NO2/c1-11(17)4-3-9-16-15-6-2-5-12-7-8-13(18)10-14(12)15/h7-8,10-11,15-18H,2-6,9H2,1H3. The van der Waals surface area contributed by atoms with Crippen LogP contribution >= 0.6 is 0 Å². The second-order valence-electron chi connectivity index (χ2n) is 5.27. The molecule has 2 rings (SSSR count). The molecule has 0 saturated carbocycles. The number of phenols is 1. The fourth-order valence-electron chi connectivity index (χ4n) is 2.67. The monoisotopic (exact) mass is 249 g/mol. The number of hydrogen-bond donors (Lipinski definition) is 3. The molecule has 1 aromatic carbocycles. The molecule has 0 bridgehead atoms. The summed E-state index contributed by atoms with van der Waals surface area (Å²) in [5.74, 6) is 0.353. The van der Waals surface area contributed by atoms with Crippen molar-refractivity contribution in [3.05, 3.63) is 29.3 Å². The molecule has 2 unspecified atom stereocenters. The predicted molar refractivity (Wildman–Crippen MR) is 72.7 cm³/mol. The molecule has 0 saturated heterocycles. The fourth-order valence-corrected chi connectivity index (χ4v) is 2.67. The van der Waals surface area contributed by atoms with Gasteiger partial charge in [-0.25, -0.2) is 0 Å². The van der Waals surface area contributed by atoms with Crippen LogP contribution in [0, 0.1) is 0 Å². The summed E-state index contributed by atoms with van der Waals surface area (Å²) in [7, 11) is 0. The van der Waals surface area contributed by atoms with E-state index in [1.165, 1.54) is 17.5 Å². The number of aryl methyl sites for hydroxylation is 1. The third-order valence-electron chi connectivity index (χ3n) is 3.63. The Balaban J connectivity index is 1.93. The van der Waals surface area contributed by atoms with Gasteiger partial charge in [0.2, 0.25) is 0 Å². The quantitative estimate of drug-likeness (QED) is 0.703. The minimum Gasteiger partial charge on any atom is -0.508 e. The molecule has 18 heavy (non-hydrogen) atoms. The van der Waals surface area contributed by atoms with E-state index in [4.69, 9.17) is 0 Å². The van der Waals surface area contributed by atoms with Crippen LogP contribution in [0.4, 0.5) is 0 Å². The molecular weight excluding hydrogens is 226 g/mol. The number of hydrogen-bond acceptors (Lipinski definition) is 3. The number of aliphatic hydroxyl groups is 1. The van der Waals surface area contributed by atoms with E-state index in [2.05, 4.69) is 5.32 Å². The van der Waals surface area contributed by atoms with Gasteiger partial charge in [-0.1, -0.05) is 6.07 Å². The first-order valence-electron chi connectivity index (χ1n) is 6.90. The van der Waals surface area contributed by atoms with Gasteiger partial charge in [0, 0.05) is 6.04 Å². The summed E-state index contributed by atoms with van der Waals surface area (Å²) in [5, 5.41) is 22.4. The van der Waals surface area contributed by atoms with E-state index >= 15 is 0 Å². The normalized spacial score (nSPS) is 20.4. The van der Waals surface area contributed by atoms with Crippen LogP contribution in [0.3, 0.4) is 0 Å². The van der Waals surface area contributed by atoms with Crippen molar-refractivity contribution in [3.8, 4) is 5.75 Å². The summed E-state index contributed by atoms with van der Waals surface area (Å²) in [6, 6.07) is 6.05. The molecular formula is C15H23NO2. The Labute approximate surface area is 109 Å². The molecule has 0 fully saturated rings. The van der Waals surface area contributed by atoms with Crippen molar-refractivity contribution in [1.82, 2.24) is 5.32 Å². The van der Waals surface area contributed by atoms with Crippen LogP contribution in [0.2, 0.25) is 0 Å². The van der Waals surface area contributed by atoms with Gasteiger partial charge in [0.1, 0.15) is 5.75 Å². The average Bonchev–Trinajstić information content (AvgIpc) is 2.34. The van der Waals surface area contributed by atoms with Gasteiger partial charge >= 0.3 is 0 Å². The summed E-state index contributed by atoms with van der Waals surface area (Å²) >= 11 is 0. The minimum atomic E-state index is -0.213. The fraction of sp³-hybridized carbons (Fsp3) is 0.600. The summed E-state index contributed by atoms with van der Waals surface area (Å²) < 4.78 is 0. The van der Waals surface area contributed by atoms with Gasteiger partial charge in [0.25, 0.3) is 0 Å². The van der Waals surface area contributed by atoms with E-state index in [-0.39, 0.29) is 6.10 Å². The molecule has 3 heteroatoms. The maximum absolute atomic E-state index is 9.59. The molecule has 0 aliphatic heterocycles. The number of nitrogens with one attached hydrogen (secondary N) is 1. The molecule has 1 aromatic rings. The Morgan fingerprint density at radius 2 is 2.28 bits per heavy atom. The van der Waals surface area contributed by atoms with Crippen LogP contribution in [0.25, 0.3) is 0 Å². The van der Waals surface area contributed by atoms with Gasteiger partial charge in [0.05, 0.1) is 6.10 Å². The topological polar surface area (TPSA) is 52.5 Å². The van der Waals surface area contributed by atoms with Gasteiger partial charge < -0.3 is 15.5 Å². The Morgan fingerprint density at radius 1 is 1.44 bits per heavy atom. The van der Waals surface area contributed by atoms with Gasteiger partial charge in [-0.3, -0.25) is 0 Å².